The van der Waals surface area contributed by atoms with Crippen LogP contribution in [0.3, 0.4) is 0 Å². The van der Waals surface area contributed by atoms with Crippen LogP contribution >= 0.6 is 0 Å². The first kappa shape index (κ1) is 18.6. The predicted molar refractivity (Wildman–Crippen MR) is 108 cm³/mol. The van der Waals surface area contributed by atoms with E-state index < -0.39 is 0 Å². The smallest absolute Gasteiger partial charge is 0.255 e. The minimum atomic E-state index is -0.0537. The average molecular weight is 351 g/mol. The SMILES string of the molecule is CCc1cc(NC(=O)c2ccc(CN3CCN(C)CC3)cc2)ccc1C. The third kappa shape index (κ3) is 4.71. The molecule has 0 atom stereocenters. The lowest BCUT2D eigenvalue weighted by Gasteiger charge is -2.32. The lowest BCUT2D eigenvalue weighted by atomic mass is 10.1. The lowest BCUT2D eigenvalue weighted by Crippen LogP contribution is -2.43. The molecule has 1 N–H and O–H groups in total. The second-order valence-electron chi connectivity index (χ2n) is 7.23. The molecule has 0 unspecified atom stereocenters. The number of rotatable bonds is 5. The van der Waals surface area contributed by atoms with Gasteiger partial charge >= 0.3 is 0 Å². The molecule has 0 bridgehead atoms. The van der Waals surface area contributed by atoms with Crippen molar-refractivity contribution < 1.29 is 4.79 Å². The number of benzene rings is 2. The van der Waals surface area contributed by atoms with Crippen molar-refractivity contribution in [1.82, 2.24) is 9.80 Å². The second-order valence-corrected chi connectivity index (χ2v) is 7.23. The molecule has 0 aromatic heterocycles. The molecule has 1 aliphatic heterocycles. The fourth-order valence-corrected chi connectivity index (χ4v) is 3.36. The van der Waals surface area contributed by atoms with Crippen LogP contribution in [0, 0.1) is 6.92 Å². The monoisotopic (exact) mass is 351 g/mol. The van der Waals surface area contributed by atoms with Crippen molar-refractivity contribution >= 4 is 11.6 Å². The molecule has 1 saturated heterocycles. The third-order valence-corrected chi connectivity index (χ3v) is 5.21. The highest BCUT2D eigenvalue weighted by Gasteiger charge is 2.14. The Balaban J connectivity index is 1.60. The number of carbonyl (C=O) groups is 1. The first-order valence-corrected chi connectivity index (χ1v) is 9.46. The molecular formula is C22H29N3O. The molecule has 3 rings (SSSR count). The van der Waals surface area contributed by atoms with Gasteiger partial charge in [0, 0.05) is 44.0 Å². The molecule has 0 saturated carbocycles. The number of hydrogen-bond acceptors (Lipinski definition) is 3. The van der Waals surface area contributed by atoms with Crippen molar-refractivity contribution in [2.75, 3.05) is 38.5 Å². The van der Waals surface area contributed by atoms with E-state index in [-0.39, 0.29) is 5.91 Å². The average Bonchev–Trinajstić information content (AvgIpc) is 2.65. The summed E-state index contributed by atoms with van der Waals surface area (Å²) in [6, 6.07) is 14.1. The Bertz CT molecular complexity index is 746. The van der Waals surface area contributed by atoms with Crippen LogP contribution in [0.1, 0.15) is 34.0 Å². The summed E-state index contributed by atoms with van der Waals surface area (Å²) in [5.74, 6) is -0.0537. The lowest BCUT2D eigenvalue weighted by molar-refractivity contribution is 0.102. The number of hydrogen-bond donors (Lipinski definition) is 1. The summed E-state index contributed by atoms with van der Waals surface area (Å²) in [4.78, 5) is 17.3. The molecule has 1 aliphatic rings. The molecule has 138 valence electrons. The Kier molecular flexibility index (Phi) is 6.07. The molecule has 4 heteroatoms. The van der Waals surface area contributed by atoms with Gasteiger partial charge in [-0.25, -0.2) is 0 Å². The zero-order chi connectivity index (χ0) is 18.5. The standard InChI is InChI=1S/C22H29N3O/c1-4-19-15-21(10-5-17(19)2)23-22(26)20-8-6-18(7-9-20)16-25-13-11-24(3)12-14-25/h5-10,15H,4,11-14,16H2,1-3H3,(H,23,26). The van der Waals surface area contributed by atoms with E-state index >= 15 is 0 Å². The van der Waals surface area contributed by atoms with Gasteiger partial charge in [-0.15, -0.1) is 0 Å². The molecule has 1 fully saturated rings. The van der Waals surface area contributed by atoms with E-state index in [2.05, 4.69) is 60.3 Å². The van der Waals surface area contributed by atoms with Crippen LogP contribution in [0.5, 0.6) is 0 Å². The van der Waals surface area contributed by atoms with Crippen LogP contribution in [0.25, 0.3) is 0 Å². The first-order valence-electron chi connectivity index (χ1n) is 9.46. The molecule has 1 heterocycles. The maximum absolute atomic E-state index is 12.5. The summed E-state index contributed by atoms with van der Waals surface area (Å²) < 4.78 is 0. The van der Waals surface area contributed by atoms with Gasteiger partial charge < -0.3 is 10.2 Å². The molecular weight excluding hydrogens is 322 g/mol. The van der Waals surface area contributed by atoms with Gasteiger partial charge in [0.1, 0.15) is 0 Å². The summed E-state index contributed by atoms with van der Waals surface area (Å²) in [7, 11) is 2.17. The third-order valence-electron chi connectivity index (χ3n) is 5.21. The van der Waals surface area contributed by atoms with Crippen LogP contribution in [0.2, 0.25) is 0 Å². The number of piperazine rings is 1. The largest absolute Gasteiger partial charge is 0.322 e. The number of aryl methyl sites for hydroxylation is 2. The van der Waals surface area contributed by atoms with Crippen molar-refractivity contribution in [3.8, 4) is 0 Å². The summed E-state index contributed by atoms with van der Waals surface area (Å²) in [5.41, 5.74) is 5.35. The summed E-state index contributed by atoms with van der Waals surface area (Å²) in [6.07, 6.45) is 0.969. The number of carbonyl (C=O) groups excluding carboxylic acids is 1. The predicted octanol–water partition coefficient (Wildman–Crippen LogP) is 3.56. The van der Waals surface area contributed by atoms with Crippen LogP contribution in [-0.2, 0) is 13.0 Å². The molecule has 26 heavy (non-hydrogen) atoms. The Morgan fingerprint density at radius 2 is 1.73 bits per heavy atom. The van der Waals surface area contributed by atoms with E-state index in [0.717, 1.165) is 44.8 Å². The number of anilines is 1. The quantitative estimate of drug-likeness (QED) is 0.895. The van der Waals surface area contributed by atoms with E-state index in [4.69, 9.17) is 0 Å². The summed E-state index contributed by atoms with van der Waals surface area (Å²) in [6.45, 7) is 9.63. The highest BCUT2D eigenvalue weighted by atomic mass is 16.1. The maximum Gasteiger partial charge on any atom is 0.255 e. The second kappa shape index (κ2) is 8.47. The van der Waals surface area contributed by atoms with E-state index in [1.54, 1.807) is 0 Å². The fraction of sp³-hybridized carbons (Fsp3) is 0.409. The van der Waals surface area contributed by atoms with Gasteiger partial charge in [0.05, 0.1) is 0 Å². The molecule has 1 amide bonds. The van der Waals surface area contributed by atoms with Crippen LogP contribution in [0.15, 0.2) is 42.5 Å². The van der Waals surface area contributed by atoms with E-state index in [9.17, 15) is 4.79 Å². The maximum atomic E-state index is 12.5. The van der Waals surface area contributed by atoms with Crippen molar-refractivity contribution in [3.63, 3.8) is 0 Å². The van der Waals surface area contributed by atoms with Gasteiger partial charge in [0.2, 0.25) is 0 Å². The van der Waals surface area contributed by atoms with E-state index in [0.29, 0.717) is 5.56 Å². The molecule has 2 aromatic rings. The van der Waals surface area contributed by atoms with Gasteiger partial charge in [-0.2, -0.15) is 0 Å². The first-order chi connectivity index (χ1) is 12.5. The number of likely N-dealkylation sites (N-methyl/N-ethyl adjacent to an activating group) is 1. The molecule has 0 aliphatic carbocycles. The molecule has 0 radical (unpaired) electrons. The summed E-state index contributed by atoms with van der Waals surface area (Å²) >= 11 is 0. The zero-order valence-electron chi connectivity index (χ0n) is 16.1. The number of nitrogens with zero attached hydrogens (tertiary/aromatic N) is 2. The zero-order valence-corrected chi connectivity index (χ0v) is 16.1. The van der Waals surface area contributed by atoms with Crippen LogP contribution < -0.4 is 5.32 Å². The van der Waals surface area contributed by atoms with Crippen molar-refractivity contribution in [1.29, 1.82) is 0 Å². The van der Waals surface area contributed by atoms with Gasteiger partial charge in [-0.1, -0.05) is 25.1 Å². The van der Waals surface area contributed by atoms with Crippen molar-refractivity contribution in [2.45, 2.75) is 26.8 Å². The highest BCUT2D eigenvalue weighted by Crippen LogP contribution is 2.17. The highest BCUT2D eigenvalue weighted by molar-refractivity contribution is 6.04. The Labute approximate surface area is 156 Å². The topological polar surface area (TPSA) is 35.6 Å². The molecule has 2 aromatic carbocycles. The molecule has 4 nitrogen and oxygen atoms in total. The van der Waals surface area contributed by atoms with Gasteiger partial charge in [0.25, 0.3) is 5.91 Å². The Morgan fingerprint density at radius 1 is 1.04 bits per heavy atom. The van der Waals surface area contributed by atoms with E-state index in [1.807, 2.05) is 18.2 Å². The molecule has 0 spiro atoms. The van der Waals surface area contributed by atoms with Gasteiger partial charge in [-0.05, 0) is 61.3 Å². The van der Waals surface area contributed by atoms with E-state index in [1.165, 1.54) is 16.7 Å². The number of nitrogens with one attached hydrogen (secondary N) is 1. The van der Waals surface area contributed by atoms with Gasteiger partial charge in [0.15, 0.2) is 0 Å². The fourth-order valence-electron chi connectivity index (χ4n) is 3.36. The Hall–Kier alpha value is -2.17. The Morgan fingerprint density at radius 3 is 2.38 bits per heavy atom. The van der Waals surface area contributed by atoms with Crippen molar-refractivity contribution in [2.24, 2.45) is 0 Å². The van der Waals surface area contributed by atoms with Gasteiger partial charge in [-0.3, -0.25) is 9.69 Å². The van der Waals surface area contributed by atoms with Crippen LogP contribution in [0.4, 0.5) is 5.69 Å². The minimum Gasteiger partial charge on any atom is -0.322 e. The van der Waals surface area contributed by atoms with Crippen LogP contribution in [-0.4, -0.2) is 48.9 Å². The minimum absolute atomic E-state index is 0.0537. The summed E-state index contributed by atoms with van der Waals surface area (Å²) in [5, 5.41) is 3.01. The van der Waals surface area contributed by atoms with Crippen molar-refractivity contribution in [3.05, 3.63) is 64.7 Å². The normalized spacial score (nSPS) is 15.8. The number of amides is 1.